The summed E-state index contributed by atoms with van der Waals surface area (Å²) in [5.41, 5.74) is 8.86. The predicted molar refractivity (Wildman–Crippen MR) is 180 cm³/mol. The second kappa shape index (κ2) is 12.3. The van der Waals surface area contributed by atoms with E-state index in [1.54, 1.807) is 0 Å². The third-order valence-corrected chi connectivity index (χ3v) is 11.9. The summed E-state index contributed by atoms with van der Waals surface area (Å²) in [7, 11) is 0. The van der Waals surface area contributed by atoms with Crippen molar-refractivity contribution < 1.29 is 9.32 Å². The SMILES string of the molecule is C=CC(=O)N1CCN(c2cc(-c3noc([C@@]4(C)CC[C@H](C)c5sc(N)c(C#N)c54)n3)nc(N3CCN(C4CCCC4)CC3)c2)CC1. The molecule has 2 aliphatic heterocycles. The second-order valence-corrected chi connectivity index (χ2v) is 14.5. The van der Waals surface area contributed by atoms with Crippen LogP contribution in [0.1, 0.15) is 80.2 Å². The molecule has 4 aliphatic rings. The van der Waals surface area contributed by atoms with Crippen LogP contribution in [-0.2, 0) is 10.2 Å². The Balaban J connectivity index is 1.21. The number of thiophene rings is 1. The van der Waals surface area contributed by atoms with Crippen molar-refractivity contribution in [3.63, 3.8) is 0 Å². The number of nitrogen functional groups attached to an aromatic ring is 1. The smallest absolute Gasteiger partial charge is 0.246 e. The van der Waals surface area contributed by atoms with E-state index in [1.165, 1.54) is 43.1 Å². The fourth-order valence-corrected chi connectivity index (χ4v) is 9.10. The van der Waals surface area contributed by atoms with Crippen molar-refractivity contribution in [2.75, 3.05) is 67.9 Å². The first kappa shape index (κ1) is 30.7. The molecule has 3 fully saturated rings. The van der Waals surface area contributed by atoms with Gasteiger partial charge in [-0.15, -0.1) is 11.3 Å². The van der Waals surface area contributed by atoms with E-state index in [1.807, 2.05) is 11.0 Å². The standard InChI is InChI=1S/C34H43N9O2S/c1-4-28(44)43-17-13-41(14-18-43)24-19-26(37-27(20-24)42-15-11-40(12-16-42)23-7-5-6-8-23)32-38-33(45-39-32)34(3)10-9-22(2)30-29(34)25(21-35)31(36)46-30/h4,19-20,22-23H,1,5-18,36H2,2-3H3/t22-,34-/m0/s1. The molecule has 2 saturated heterocycles. The van der Waals surface area contributed by atoms with E-state index >= 15 is 0 Å². The summed E-state index contributed by atoms with van der Waals surface area (Å²) in [6, 6.07) is 7.28. The maximum Gasteiger partial charge on any atom is 0.246 e. The summed E-state index contributed by atoms with van der Waals surface area (Å²) in [6.07, 6.45) is 8.41. The molecule has 5 heterocycles. The van der Waals surface area contributed by atoms with Crippen LogP contribution >= 0.6 is 11.3 Å². The van der Waals surface area contributed by atoms with Crippen LogP contribution in [-0.4, -0.2) is 89.2 Å². The van der Waals surface area contributed by atoms with Crippen molar-refractivity contribution in [1.82, 2.24) is 24.9 Å². The average Bonchev–Trinajstić information content (AvgIpc) is 3.87. The Morgan fingerprint density at radius 1 is 1.09 bits per heavy atom. The summed E-state index contributed by atoms with van der Waals surface area (Å²) < 4.78 is 6.02. The molecule has 2 aliphatic carbocycles. The van der Waals surface area contributed by atoms with Gasteiger partial charge in [0.1, 0.15) is 22.6 Å². The first-order valence-electron chi connectivity index (χ1n) is 16.6. The van der Waals surface area contributed by atoms with E-state index in [9.17, 15) is 10.1 Å². The van der Waals surface area contributed by atoms with E-state index in [2.05, 4.69) is 52.4 Å². The summed E-state index contributed by atoms with van der Waals surface area (Å²) in [6.45, 7) is 14.5. The molecule has 3 aromatic rings. The van der Waals surface area contributed by atoms with Gasteiger partial charge in [-0.2, -0.15) is 10.2 Å². The Hall–Kier alpha value is -3.95. The van der Waals surface area contributed by atoms with Crippen LogP contribution in [0.15, 0.2) is 29.3 Å². The second-order valence-electron chi connectivity index (χ2n) is 13.4. The van der Waals surface area contributed by atoms with Gasteiger partial charge in [0.15, 0.2) is 0 Å². The lowest BCUT2D eigenvalue weighted by molar-refractivity contribution is -0.126. The van der Waals surface area contributed by atoms with E-state index in [0.29, 0.717) is 66.1 Å². The van der Waals surface area contributed by atoms with Crippen LogP contribution in [0.3, 0.4) is 0 Å². The molecule has 2 N–H and O–H groups in total. The minimum absolute atomic E-state index is 0.0316. The highest BCUT2D eigenvalue weighted by atomic mass is 32.1. The molecule has 0 spiro atoms. The molecule has 1 amide bonds. The number of hydrogen-bond acceptors (Lipinski definition) is 11. The predicted octanol–water partition coefficient (Wildman–Crippen LogP) is 4.75. The van der Waals surface area contributed by atoms with Crippen LogP contribution in [0, 0.1) is 11.3 Å². The number of rotatable bonds is 6. The quantitative estimate of drug-likeness (QED) is 0.376. The van der Waals surface area contributed by atoms with Crippen molar-refractivity contribution in [3.05, 3.63) is 46.7 Å². The number of carbonyl (C=O) groups is 1. The van der Waals surface area contributed by atoms with Crippen LogP contribution < -0.4 is 15.5 Å². The van der Waals surface area contributed by atoms with Gasteiger partial charge in [-0.25, -0.2) is 4.98 Å². The van der Waals surface area contributed by atoms with E-state index in [4.69, 9.17) is 20.2 Å². The number of carbonyl (C=O) groups excluding carboxylic acids is 1. The molecule has 2 atom stereocenters. The molecule has 0 unspecified atom stereocenters. The molecule has 242 valence electrons. The fraction of sp³-hybridized carbons (Fsp3) is 0.559. The summed E-state index contributed by atoms with van der Waals surface area (Å²) in [5.74, 6) is 2.12. The third kappa shape index (κ3) is 5.43. The molecule has 0 bridgehead atoms. The lowest BCUT2D eigenvalue weighted by atomic mass is 9.69. The van der Waals surface area contributed by atoms with Gasteiger partial charge in [0.25, 0.3) is 0 Å². The topological polar surface area (TPSA) is 132 Å². The van der Waals surface area contributed by atoms with Gasteiger partial charge in [0.2, 0.25) is 17.6 Å². The molecule has 12 heteroatoms. The Bertz CT molecular complexity index is 1650. The number of piperazine rings is 2. The minimum Gasteiger partial charge on any atom is -0.389 e. The largest absolute Gasteiger partial charge is 0.389 e. The van der Waals surface area contributed by atoms with Gasteiger partial charge < -0.3 is 25.0 Å². The molecule has 1 saturated carbocycles. The van der Waals surface area contributed by atoms with Crippen LogP contribution in [0.2, 0.25) is 0 Å². The Morgan fingerprint density at radius 3 is 2.50 bits per heavy atom. The molecule has 3 aromatic heterocycles. The molecule has 11 nitrogen and oxygen atoms in total. The van der Waals surface area contributed by atoms with Crippen LogP contribution in [0.4, 0.5) is 16.5 Å². The van der Waals surface area contributed by atoms with Gasteiger partial charge in [0, 0.05) is 80.6 Å². The lowest BCUT2D eigenvalue weighted by Gasteiger charge is -2.39. The van der Waals surface area contributed by atoms with Gasteiger partial charge in [0.05, 0.1) is 11.0 Å². The van der Waals surface area contributed by atoms with Crippen molar-refractivity contribution in [1.29, 1.82) is 5.26 Å². The number of nitrogens with two attached hydrogens (primary N) is 1. The average molecular weight is 642 g/mol. The van der Waals surface area contributed by atoms with Crippen LogP contribution in [0.25, 0.3) is 11.5 Å². The molecule has 0 radical (unpaired) electrons. The maximum atomic E-state index is 12.2. The zero-order valence-electron chi connectivity index (χ0n) is 26.9. The number of hydrogen-bond donors (Lipinski definition) is 1. The number of aromatic nitrogens is 3. The Labute approximate surface area is 274 Å². The number of nitrogens with zero attached hydrogens (tertiary/aromatic N) is 8. The molecule has 46 heavy (non-hydrogen) atoms. The van der Waals surface area contributed by atoms with Gasteiger partial charge >= 0.3 is 0 Å². The zero-order valence-corrected chi connectivity index (χ0v) is 27.7. The highest BCUT2D eigenvalue weighted by Crippen LogP contribution is 2.52. The van der Waals surface area contributed by atoms with Crippen molar-refractivity contribution in [3.8, 4) is 17.6 Å². The lowest BCUT2D eigenvalue weighted by Crippen LogP contribution is -2.50. The third-order valence-electron chi connectivity index (χ3n) is 10.7. The van der Waals surface area contributed by atoms with Crippen molar-refractivity contribution >= 4 is 33.8 Å². The minimum atomic E-state index is -0.614. The van der Waals surface area contributed by atoms with E-state index in [0.717, 1.165) is 61.0 Å². The number of anilines is 3. The van der Waals surface area contributed by atoms with Gasteiger partial charge in [-0.1, -0.05) is 31.5 Å². The molecular formula is C34H43N9O2S. The fourth-order valence-electron chi connectivity index (χ4n) is 7.86. The highest BCUT2D eigenvalue weighted by molar-refractivity contribution is 7.16. The monoisotopic (exact) mass is 641 g/mol. The number of nitriles is 1. The highest BCUT2D eigenvalue weighted by Gasteiger charge is 2.45. The van der Waals surface area contributed by atoms with Crippen molar-refractivity contribution in [2.24, 2.45) is 0 Å². The van der Waals surface area contributed by atoms with E-state index < -0.39 is 5.41 Å². The van der Waals surface area contributed by atoms with Gasteiger partial charge in [-0.3, -0.25) is 9.69 Å². The number of fused-ring (bicyclic) bond motifs is 1. The Kier molecular flexibility index (Phi) is 8.23. The summed E-state index contributed by atoms with van der Waals surface area (Å²) in [5, 5.41) is 15.0. The zero-order chi connectivity index (χ0) is 32.0. The first-order valence-corrected chi connectivity index (χ1v) is 17.5. The first-order chi connectivity index (χ1) is 22.3. The number of amides is 1. The Morgan fingerprint density at radius 2 is 1.80 bits per heavy atom. The molecule has 7 rings (SSSR count). The molecule has 0 aromatic carbocycles. The van der Waals surface area contributed by atoms with Crippen LogP contribution in [0.5, 0.6) is 0 Å². The van der Waals surface area contributed by atoms with Crippen molar-refractivity contribution in [2.45, 2.75) is 69.7 Å². The molecular weight excluding hydrogens is 599 g/mol. The summed E-state index contributed by atoms with van der Waals surface area (Å²) in [4.78, 5) is 32.7. The van der Waals surface area contributed by atoms with Gasteiger partial charge in [-0.05, 0) is 50.7 Å². The van der Waals surface area contributed by atoms with E-state index in [-0.39, 0.29) is 5.91 Å². The maximum absolute atomic E-state index is 12.2. The normalized spacial score (nSPS) is 24.2. The number of pyridine rings is 1. The summed E-state index contributed by atoms with van der Waals surface area (Å²) >= 11 is 1.51.